The molecule has 3 fully saturated rings. The van der Waals surface area contributed by atoms with Crippen LogP contribution in [0, 0.1) is 5.92 Å². The van der Waals surface area contributed by atoms with E-state index in [9.17, 15) is 9.59 Å². The van der Waals surface area contributed by atoms with Gasteiger partial charge in [0, 0.05) is 31.2 Å². The number of hydrazine groups is 1. The summed E-state index contributed by atoms with van der Waals surface area (Å²) < 4.78 is 0. The second-order valence-corrected chi connectivity index (χ2v) is 7.27. The monoisotopic (exact) mass is 343 g/mol. The van der Waals surface area contributed by atoms with E-state index in [0.717, 1.165) is 31.4 Å². The molecule has 1 aromatic heterocycles. The van der Waals surface area contributed by atoms with Gasteiger partial charge in [-0.05, 0) is 44.2 Å². The summed E-state index contributed by atoms with van der Waals surface area (Å²) in [6, 6.07) is 6.04. The molecule has 0 aromatic carbocycles. The van der Waals surface area contributed by atoms with Crippen molar-refractivity contribution < 1.29 is 9.59 Å². The zero-order chi connectivity index (χ0) is 17.2. The van der Waals surface area contributed by atoms with Gasteiger partial charge in [0.05, 0.1) is 11.7 Å². The van der Waals surface area contributed by atoms with Crippen LogP contribution < -0.4 is 16.2 Å². The van der Waals surface area contributed by atoms with Crippen LogP contribution >= 0.6 is 0 Å². The number of hydrogen-bond donors (Lipinski definition) is 3. The predicted octanol–water partition coefficient (Wildman–Crippen LogP) is 0.506. The van der Waals surface area contributed by atoms with Gasteiger partial charge in [-0.2, -0.15) is 0 Å². The number of rotatable bonds is 4. The first-order valence-electron chi connectivity index (χ1n) is 9.22. The minimum absolute atomic E-state index is 0.0528. The number of hydrogen-bond acceptors (Lipinski definition) is 5. The molecule has 1 aliphatic carbocycles. The third kappa shape index (κ3) is 3.82. The SMILES string of the molecule is O=C(NC1CC1)C1CCN(C(=O)C2CC(c3ccccn3)NN2)CC1. The molecule has 0 bridgehead atoms. The quantitative estimate of drug-likeness (QED) is 0.741. The molecule has 2 aliphatic heterocycles. The van der Waals surface area contributed by atoms with E-state index >= 15 is 0 Å². The molecule has 2 amide bonds. The van der Waals surface area contributed by atoms with E-state index < -0.39 is 0 Å². The third-order valence-corrected chi connectivity index (χ3v) is 5.35. The number of likely N-dealkylation sites (tertiary alicyclic amines) is 1. The van der Waals surface area contributed by atoms with Crippen LogP contribution in [0.15, 0.2) is 24.4 Å². The molecule has 0 spiro atoms. The lowest BCUT2D eigenvalue weighted by Gasteiger charge is -2.32. The van der Waals surface area contributed by atoms with Crippen molar-refractivity contribution in [2.75, 3.05) is 13.1 Å². The van der Waals surface area contributed by atoms with E-state index in [1.807, 2.05) is 23.1 Å². The Morgan fingerprint density at radius 3 is 2.60 bits per heavy atom. The van der Waals surface area contributed by atoms with Crippen molar-refractivity contribution in [3.8, 4) is 0 Å². The third-order valence-electron chi connectivity index (χ3n) is 5.35. The fourth-order valence-corrected chi connectivity index (χ4v) is 3.62. The van der Waals surface area contributed by atoms with E-state index in [4.69, 9.17) is 0 Å². The maximum atomic E-state index is 12.7. The first kappa shape index (κ1) is 16.5. The van der Waals surface area contributed by atoms with Gasteiger partial charge < -0.3 is 10.2 Å². The van der Waals surface area contributed by atoms with E-state index in [1.54, 1.807) is 6.20 Å². The molecule has 7 heteroatoms. The Balaban J connectivity index is 1.27. The largest absolute Gasteiger partial charge is 0.353 e. The Labute approximate surface area is 147 Å². The van der Waals surface area contributed by atoms with Crippen LogP contribution in [0.1, 0.15) is 43.8 Å². The Bertz CT molecular complexity index is 626. The molecule has 2 unspecified atom stereocenters. The molecule has 1 saturated carbocycles. The average Bonchev–Trinajstić information content (AvgIpc) is 3.34. The van der Waals surface area contributed by atoms with Crippen LogP contribution in [0.25, 0.3) is 0 Å². The minimum atomic E-state index is -0.233. The lowest BCUT2D eigenvalue weighted by Crippen LogP contribution is -2.49. The summed E-state index contributed by atoms with van der Waals surface area (Å²) in [6.45, 7) is 1.32. The Kier molecular flexibility index (Phi) is 4.67. The summed E-state index contributed by atoms with van der Waals surface area (Å²) in [5.41, 5.74) is 7.23. The van der Waals surface area contributed by atoms with Gasteiger partial charge in [-0.25, -0.2) is 10.9 Å². The van der Waals surface area contributed by atoms with E-state index in [-0.39, 0.29) is 29.8 Å². The average molecular weight is 343 g/mol. The molecule has 2 atom stereocenters. The number of pyridine rings is 1. The van der Waals surface area contributed by atoms with Crippen LogP contribution in [-0.4, -0.2) is 46.9 Å². The Morgan fingerprint density at radius 1 is 1.12 bits per heavy atom. The highest BCUT2D eigenvalue weighted by atomic mass is 16.2. The number of carbonyl (C=O) groups is 2. The highest BCUT2D eigenvalue weighted by Crippen LogP contribution is 2.25. The molecular formula is C18H25N5O2. The molecule has 3 aliphatic rings. The lowest BCUT2D eigenvalue weighted by molar-refractivity contribution is -0.137. The first-order valence-corrected chi connectivity index (χ1v) is 9.22. The molecule has 25 heavy (non-hydrogen) atoms. The van der Waals surface area contributed by atoms with E-state index in [2.05, 4.69) is 21.2 Å². The smallest absolute Gasteiger partial charge is 0.241 e. The van der Waals surface area contributed by atoms with Gasteiger partial charge in [0.2, 0.25) is 11.8 Å². The van der Waals surface area contributed by atoms with Crippen LogP contribution in [0.5, 0.6) is 0 Å². The predicted molar refractivity (Wildman–Crippen MR) is 92.1 cm³/mol. The van der Waals surface area contributed by atoms with Gasteiger partial charge >= 0.3 is 0 Å². The summed E-state index contributed by atoms with van der Waals surface area (Å²) >= 11 is 0. The number of piperidine rings is 1. The van der Waals surface area contributed by atoms with Crippen molar-refractivity contribution in [2.45, 2.75) is 50.2 Å². The summed E-state index contributed by atoms with van der Waals surface area (Å²) in [5, 5.41) is 3.08. The van der Waals surface area contributed by atoms with Crippen LogP contribution in [0.4, 0.5) is 0 Å². The summed E-state index contributed by atoms with van der Waals surface area (Å²) in [5.74, 6) is 0.345. The van der Waals surface area contributed by atoms with Crippen molar-refractivity contribution in [2.24, 2.45) is 5.92 Å². The van der Waals surface area contributed by atoms with Gasteiger partial charge in [-0.15, -0.1) is 0 Å². The Hall–Kier alpha value is -1.99. The zero-order valence-electron chi connectivity index (χ0n) is 14.3. The minimum Gasteiger partial charge on any atom is -0.353 e. The van der Waals surface area contributed by atoms with Gasteiger partial charge in [0.15, 0.2) is 0 Å². The molecule has 0 radical (unpaired) electrons. The van der Waals surface area contributed by atoms with E-state index in [1.165, 1.54) is 0 Å². The van der Waals surface area contributed by atoms with Crippen molar-refractivity contribution in [1.82, 2.24) is 26.1 Å². The normalized spacial score (nSPS) is 27.3. The highest BCUT2D eigenvalue weighted by molar-refractivity contribution is 5.83. The van der Waals surface area contributed by atoms with Crippen molar-refractivity contribution in [3.63, 3.8) is 0 Å². The molecule has 3 N–H and O–H groups in total. The van der Waals surface area contributed by atoms with E-state index in [0.29, 0.717) is 25.6 Å². The van der Waals surface area contributed by atoms with Crippen molar-refractivity contribution >= 4 is 11.8 Å². The number of carbonyl (C=O) groups excluding carboxylic acids is 2. The second kappa shape index (κ2) is 7.09. The molecule has 3 heterocycles. The van der Waals surface area contributed by atoms with Crippen LogP contribution in [0.3, 0.4) is 0 Å². The molecular weight excluding hydrogens is 318 g/mol. The lowest BCUT2D eigenvalue weighted by atomic mass is 9.95. The number of nitrogens with one attached hydrogen (secondary N) is 3. The highest BCUT2D eigenvalue weighted by Gasteiger charge is 2.36. The summed E-state index contributed by atoms with van der Waals surface area (Å²) in [6.07, 6.45) is 6.20. The summed E-state index contributed by atoms with van der Waals surface area (Å²) in [4.78, 5) is 31.1. The summed E-state index contributed by atoms with van der Waals surface area (Å²) in [7, 11) is 0. The van der Waals surface area contributed by atoms with Gasteiger partial charge in [0.25, 0.3) is 0 Å². The van der Waals surface area contributed by atoms with Crippen molar-refractivity contribution in [3.05, 3.63) is 30.1 Å². The van der Waals surface area contributed by atoms with Crippen LogP contribution in [-0.2, 0) is 9.59 Å². The van der Waals surface area contributed by atoms with Crippen LogP contribution in [0.2, 0.25) is 0 Å². The topological polar surface area (TPSA) is 86.4 Å². The second-order valence-electron chi connectivity index (χ2n) is 7.27. The molecule has 1 aromatic rings. The Morgan fingerprint density at radius 2 is 1.92 bits per heavy atom. The molecule has 7 nitrogen and oxygen atoms in total. The van der Waals surface area contributed by atoms with Gasteiger partial charge in [-0.3, -0.25) is 14.6 Å². The fourth-order valence-electron chi connectivity index (χ4n) is 3.62. The van der Waals surface area contributed by atoms with Crippen molar-refractivity contribution in [1.29, 1.82) is 0 Å². The van der Waals surface area contributed by atoms with Gasteiger partial charge in [-0.1, -0.05) is 6.07 Å². The molecule has 134 valence electrons. The first-order chi connectivity index (χ1) is 12.2. The number of amides is 2. The molecule has 4 rings (SSSR count). The maximum Gasteiger partial charge on any atom is 0.241 e. The fraction of sp³-hybridized carbons (Fsp3) is 0.611. The standard InChI is InChI=1S/C18H25N5O2/c24-17(20-13-4-5-13)12-6-9-23(10-7-12)18(25)16-11-15(21-22-16)14-3-1-2-8-19-14/h1-3,8,12-13,15-16,21-22H,4-7,9-11H2,(H,20,24). The number of aromatic nitrogens is 1. The maximum absolute atomic E-state index is 12.7. The number of nitrogens with zero attached hydrogens (tertiary/aromatic N) is 2. The molecule has 2 saturated heterocycles. The van der Waals surface area contributed by atoms with Gasteiger partial charge in [0.1, 0.15) is 6.04 Å². The zero-order valence-corrected chi connectivity index (χ0v) is 14.3.